The number of thiophene rings is 1. The van der Waals surface area contributed by atoms with Crippen LogP contribution in [0.15, 0.2) is 17.5 Å². The van der Waals surface area contributed by atoms with Crippen LogP contribution in [0, 0.1) is 0 Å². The Balaban J connectivity index is 2.77. The number of hydrogen-bond donors (Lipinski definition) is 2. The van der Waals surface area contributed by atoms with E-state index in [0.717, 1.165) is 12.5 Å². The Morgan fingerprint density at radius 3 is 2.94 bits per heavy atom. The Morgan fingerprint density at radius 1 is 1.56 bits per heavy atom. The molecule has 0 saturated heterocycles. The molecule has 0 aliphatic heterocycles. The second-order valence-corrected chi connectivity index (χ2v) is 4.05. The van der Waals surface area contributed by atoms with Gasteiger partial charge in [0.25, 0.3) is 5.91 Å². The summed E-state index contributed by atoms with van der Waals surface area (Å²) in [6.07, 6.45) is 3.33. The molecule has 4 nitrogen and oxygen atoms in total. The Morgan fingerprint density at radius 2 is 2.31 bits per heavy atom. The van der Waals surface area contributed by atoms with Gasteiger partial charge in [-0.05, 0) is 29.5 Å². The second kappa shape index (κ2) is 6.07. The van der Waals surface area contributed by atoms with Crippen LogP contribution >= 0.6 is 11.3 Å². The fourth-order valence-electron chi connectivity index (χ4n) is 1.11. The van der Waals surface area contributed by atoms with Gasteiger partial charge < -0.3 is 10.4 Å². The van der Waals surface area contributed by atoms with Crippen LogP contribution in [0.3, 0.4) is 0 Å². The van der Waals surface area contributed by atoms with Crippen molar-refractivity contribution in [2.45, 2.75) is 13.3 Å². The first kappa shape index (κ1) is 12.4. The summed E-state index contributed by atoms with van der Waals surface area (Å²) in [5.74, 6) is -1.17. The molecule has 0 atom stereocenters. The molecule has 0 spiro atoms. The van der Waals surface area contributed by atoms with Crippen molar-refractivity contribution in [2.24, 2.45) is 0 Å². The Labute approximate surface area is 97.6 Å². The minimum atomic E-state index is -1.02. The largest absolute Gasteiger partial charge is 0.478 e. The van der Waals surface area contributed by atoms with Gasteiger partial charge in [0.15, 0.2) is 0 Å². The minimum absolute atomic E-state index is 0.151. The molecule has 2 N–H and O–H groups in total. The summed E-state index contributed by atoms with van der Waals surface area (Å²) in [7, 11) is 0. The summed E-state index contributed by atoms with van der Waals surface area (Å²) in [6, 6.07) is 1.73. The maximum Gasteiger partial charge on any atom is 0.328 e. The third kappa shape index (κ3) is 3.51. The molecule has 0 saturated carbocycles. The summed E-state index contributed by atoms with van der Waals surface area (Å²) >= 11 is 1.30. The van der Waals surface area contributed by atoms with Gasteiger partial charge in [0.1, 0.15) is 0 Å². The van der Waals surface area contributed by atoms with E-state index < -0.39 is 5.97 Å². The third-order valence-electron chi connectivity index (χ3n) is 1.84. The molecule has 0 aliphatic carbocycles. The molecule has 0 unspecified atom stereocenters. The van der Waals surface area contributed by atoms with E-state index in [9.17, 15) is 9.59 Å². The van der Waals surface area contributed by atoms with Gasteiger partial charge >= 0.3 is 5.97 Å². The average molecular weight is 239 g/mol. The number of nitrogens with one attached hydrogen (secondary N) is 1. The molecule has 0 aromatic carbocycles. The topological polar surface area (TPSA) is 66.4 Å². The van der Waals surface area contributed by atoms with Crippen molar-refractivity contribution >= 4 is 29.3 Å². The molecule has 1 amide bonds. The summed E-state index contributed by atoms with van der Waals surface area (Å²) in [5.41, 5.74) is 0.640. The molecular weight excluding hydrogens is 226 g/mol. The van der Waals surface area contributed by atoms with Gasteiger partial charge in [0.2, 0.25) is 0 Å². The number of carboxylic acids is 1. The van der Waals surface area contributed by atoms with Crippen molar-refractivity contribution in [3.8, 4) is 0 Å². The summed E-state index contributed by atoms with van der Waals surface area (Å²) in [6.45, 7) is 2.60. The zero-order valence-electron chi connectivity index (χ0n) is 8.90. The van der Waals surface area contributed by atoms with Gasteiger partial charge in [-0.25, -0.2) is 4.79 Å². The van der Waals surface area contributed by atoms with Crippen molar-refractivity contribution < 1.29 is 14.7 Å². The number of carbonyl (C=O) groups excluding carboxylic acids is 1. The van der Waals surface area contributed by atoms with Gasteiger partial charge in [-0.3, -0.25) is 4.79 Å². The van der Waals surface area contributed by atoms with Crippen molar-refractivity contribution in [1.82, 2.24) is 5.32 Å². The van der Waals surface area contributed by atoms with E-state index in [4.69, 9.17) is 5.11 Å². The fourth-order valence-corrected chi connectivity index (χ4v) is 1.92. The first-order valence-electron chi connectivity index (χ1n) is 4.92. The van der Waals surface area contributed by atoms with E-state index in [2.05, 4.69) is 5.32 Å². The summed E-state index contributed by atoms with van der Waals surface area (Å²) in [5, 5.41) is 13.0. The van der Waals surface area contributed by atoms with Crippen molar-refractivity contribution in [1.29, 1.82) is 0 Å². The quantitative estimate of drug-likeness (QED) is 0.772. The Hall–Kier alpha value is -1.62. The molecule has 16 heavy (non-hydrogen) atoms. The number of carbonyl (C=O) groups is 2. The lowest BCUT2D eigenvalue weighted by molar-refractivity contribution is -0.131. The van der Waals surface area contributed by atoms with E-state index >= 15 is 0 Å². The van der Waals surface area contributed by atoms with Crippen LogP contribution in [0.2, 0.25) is 0 Å². The van der Waals surface area contributed by atoms with Gasteiger partial charge in [0.05, 0.1) is 4.88 Å². The molecule has 1 rings (SSSR count). The van der Waals surface area contributed by atoms with E-state index in [-0.39, 0.29) is 5.91 Å². The number of carboxylic acid groups (broad SMARTS) is 1. The highest BCUT2D eigenvalue weighted by molar-refractivity contribution is 7.12. The van der Waals surface area contributed by atoms with Gasteiger partial charge in [-0.2, -0.15) is 0 Å². The monoisotopic (exact) mass is 239 g/mol. The van der Waals surface area contributed by atoms with Crippen LogP contribution in [0.25, 0.3) is 6.08 Å². The molecule has 0 aliphatic rings. The van der Waals surface area contributed by atoms with Crippen LogP contribution in [-0.4, -0.2) is 23.5 Å². The number of aliphatic carboxylic acids is 1. The van der Waals surface area contributed by atoms with Crippen molar-refractivity contribution in [3.63, 3.8) is 0 Å². The van der Waals surface area contributed by atoms with Crippen molar-refractivity contribution in [2.75, 3.05) is 6.54 Å². The Kier molecular flexibility index (Phi) is 4.72. The molecule has 1 heterocycles. The highest BCUT2D eigenvalue weighted by Gasteiger charge is 2.10. The lowest BCUT2D eigenvalue weighted by Crippen LogP contribution is -2.23. The van der Waals surface area contributed by atoms with Gasteiger partial charge in [-0.15, -0.1) is 11.3 Å². The number of amides is 1. The molecule has 1 aromatic rings. The van der Waals surface area contributed by atoms with E-state index in [0.29, 0.717) is 17.0 Å². The smallest absolute Gasteiger partial charge is 0.328 e. The highest BCUT2D eigenvalue weighted by Crippen LogP contribution is 2.18. The lowest BCUT2D eigenvalue weighted by Gasteiger charge is -2.01. The highest BCUT2D eigenvalue weighted by atomic mass is 32.1. The molecule has 86 valence electrons. The van der Waals surface area contributed by atoms with E-state index in [1.165, 1.54) is 17.4 Å². The van der Waals surface area contributed by atoms with Crippen LogP contribution in [0.1, 0.15) is 28.6 Å². The molecule has 0 bridgehead atoms. The number of hydrogen-bond acceptors (Lipinski definition) is 3. The fraction of sp³-hybridized carbons (Fsp3) is 0.273. The molecule has 0 fully saturated rings. The van der Waals surface area contributed by atoms with Gasteiger partial charge in [-0.1, -0.05) is 6.92 Å². The molecule has 0 radical (unpaired) electrons. The average Bonchev–Trinajstić information content (AvgIpc) is 2.71. The van der Waals surface area contributed by atoms with Crippen LogP contribution in [0.5, 0.6) is 0 Å². The lowest BCUT2D eigenvalue weighted by atomic mass is 10.2. The number of rotatable bonds is 5. The normalized spacial score (nSPS) is 10.6. The summed E-state index contributed by atoms with van der Waals surface area (Å²) < 4.78 is 0. The zero-order valence-corrected chi connectivity index (χ0v) is 9.71. The van der Waals surface area contributed by atoms with Gasteiger partial charge in [0, 0.05) is 12.6 Å². The van der Waals surface area contributed by atoms with Crippen LogP contribution in [-0.2, 0) is 4.79 Å². The van der Waals surface area contributed by atoms with E-state index in [1.54, 1.807) is 11.4 Å². The standard InChI is InChI=1S/C11H13NO3S/c1-2-6-12-11(15)10-8(5-7-16-10)3-4-9(13)14/h3-5,7H,2,6H2,1H3,(H,12,15)(H,13,14). The van der Waals surface area contributed by atoms with Crippen LogP contribution in [0.4, 0.5) is 0 Å². The predicted molar refractivity (Wildman–Crippen MR) is 63.6 cm³/mol. The van der Waals surface area contributed by atoms with Crippen molar-refractivity contribution in [3.05, 3.63) is 28.0 Å². The third-order valence-corrected chi connectivity index (χ3v) is 2.77. The molecule has 1 aromatic heterocycles. The van der Waals surface area contributed by atoms with E-state index in [1.807, 2.05) is 6.92 Å². The van der Waals surface area contributed by atoms with Crippen LogP contribution < -0.4 is 5.32 Å². The minimum Gasteiger partial charge on any atom is -0.478 e. The maximum atomic E-state index is 11.6. The molecular formula is C11H13NO3S. The summed E-state index contributed by atoms with van der Waals surface area (Å²) in [4.78, 5) is 22.6. The zero-order chi connectivity index (χ0) is 12.0. The molecule has 5 heteroatoms. The predicted octanol–water partition coefficient (Wildman–Crippen LogP) is 1.99. The Bertz CT molecular complexity index is 409. The first-order chi connectivity index (χ1) is 7.65. The maximum absolute atomic E-state index is 11.6. The second-order valence-electron chi connectivity index (χ2n) is 3.13. The first-order valence-corrected chi connectivity index (χ1v) is 5.79. The SMILES string of the molecule is CCCNC(=O)c1sccc1C=CC(=O)O.